The quantitative estimate of drug-likeness (QED) is 0.815. The van der Waals surface area contributed by atoms with E-state index in [1.165, 1.54) is 17.3 Å². The van der Waals surface area contributed by atoms with Crippen molar-refractivity contribution in [3.63, 3.8) is 0 Å². The maximum Gasteiger partial charge on any atom is 0.238 e. The van der Waals surface area contributed by atoms with Gasteiger partial charge in [0.1, 0.15) is 0 Å². The number of para-hydroxylation sites is 1. The first-order chi connectivity index (χ1) is 12.0. The molecule has 2 atom stereocenters. The first-order valence-corrected chi connectivity index (χ1v) is 9.88. The number of benzene rings is 1. The lowest BCUT2D eigenvalue weighted by atomic mass is 10.1. The van der Waals surface area contributed by atoms with Crippen LogP contribution < -0.4 is 10.6 Å². The number of likely N-dealkylation sites (N-methyl/N-ethyl adjacent to an activating group) is 1. The fourth-order valence-electron chi connectivity index (χ4n) is 2.74. The van der Waals surface area contributed by atoms with Crippen LogP contribution in [0.25, 0.3) is 0 Å². The van der Waals surface area contributed by atoms with E-state index >= 15 is 0 Å². The van der Waals surface area contributed by atoms with E-state index in [9.17, 15) is 9.59 Å². The number of hydrogen-bond donors (Lipinski definition) is 2. The van der Waals surface area contributed by atoms with Crippen LogP contribution in [0.2, 0.25) is 0 Å². The largest absolute Gasteiger partial charge is 0.354 e. The molecule has 0 saturated carbocycles. The van der Waals surface area contributed by atoms with Gasteiger partial charge in [-0.3, -0.25) is 9.59 Å². The zero-order valence-corrected chi connectivity index (χ0v) is 15.8. The van der Waals surface area contributed by atoms with E-state index in [-0.39, 0.29) is 24.3 Å². The first-order valence-electron chi connectivity index (χ1n) is 8.06. The fraction of sp³-hybridized carbons (Fsp3) is 0.333. The van der Waals surface area contributed by atoms with Crippen LogP contribution in [0.4, 0.5) is 5.69 Å². The molecular formula is C18H21N3O2S2. The summed E-state index contributed by atoms with van der Waals surface area (Å²) in [5, 5.41) is 9.59. The van der Waals surface area contributed by atoms with E-state index in [4.69, 9.17) is 0 Å². The normalized spacial score (nSPS) is 17.7. The fourth-order valence-corrected chi connectivity index (χ4v) is 4.56. The van der Waals surface area contributed by atoms with Crippen molar-refractivity contribution < 1.29 is 9.59 Å². The van der Waals surface area contributed by atoms with Gasteiger partial charge in [0.2, 0.25) is 11.8 Å². The van der Waals surface area contributed by atoms with Crippen LogP contribution >= 0.6 is 23.1 Å². The number of thioether (sulfide) groups is 1. The first kappa shape index (κ1) is 18.0. The minimum absolute atomic E-state index is 0.103. The van der Waals surface area contributed by atoms with Gasteiger partial charge in [0.25, 0.3) is 0 Å². The lowest BCUT2D eigenvalue weighted by Gasteiger charge is -2.26. The van der Waals surface area contributed by atoms with Crippen molar-refractivity contribution in [2.75, 3.05) is 26.0 Å². The van der Waals surface area contributed by atoms with Crippen molar-refractivity contribution in [1.82, 2.24) is 10.2 Å². The third-order valence-corrected chi connectivity index (χ3v) is 6.10. The van der Waals surface area contributed by atoms with E-state index in [0.29, 0.717) is 6.54 Å². The second-order valence-corrected chi connectivity index (χ2v) is 8.16. The number of nitrogens with one attached hydrogen (secondary N) is 2. The summed E-state index contributed by atoms with van der Waals surface area (Å²) < 4.78 is 0. The predicted molar refractivity (Wildman–Crippen MR) is 103 cm³/mol. The number of rotatable bonds is 6. The number of anilines is 1. The predicted octanol–water partition coefficient (Wildman–Crippen LogP) is 2.97. The van der Waals surface area contributed by atoms with Gasteiger partial charge < -0.3 is 15.5 Å². The summed E-state index contributed by atoms with van der Waals surface area (Å²) in [6, 6.07) is 9.86. The molecule has 0 fully saturated rings. The average Bonchev–Trinajstić information content (AvgIpc) is 3.09. The van der Waals surface area contributed by atoms with Crippen LogP contribution in [0, 0.1) is 0 Å². The SMILES string of the molecule is CN(C)C(CNC(=O)CC1Sc2ccccc2NC1=O)c1ccsc1. The van der Waals surface area contributed by atoms with Gasteiger partial charge in [-0.05, 0) is 48.6 Å². The molecule has 1 aromatic carbocycles. The number of hydrogen-bond acceptors (Lipinski definition) is 5. The number of carbonyl (C=O) groups excluding carboxylic acids is 2. The van der Waals surface area contributed by atoms with E-state index in [1.807, 2.05) is 43.7 Å². The maximum absolute atomic E-state index is 12.3. The van der Waals surface area contributed by atoms with Crippen molar-refractivity contribution >= 4 is 40.6 Å². The smallest absolute Gasteiger partial charge is 0.238 e. The van der Waals surface area contributed by atoms with Crippen molar-refractivity contribution in [1.29, 1.82) is 0 Å². The van der Waals surface area contributed by atoms with Crippen molar-refractivity contribution in [3.8, 4) is 0 Å². The van der Waals surface area contributed by atoms with Gasteiger partial charge in [0.05, 0.1) is 17.0 Å². The van der Waals surface area contributed by atoms with Crippen LogP contribution in [0.3, 0.4) is 0 Å². The Kier molecular flexibility index (Phi) is 5.78. The van der Waals surface area contributed by atoms with Crippen LogP contribution in [0.15, 0.2) is 46.0 Å². The molecule has 5 nitrogen and oxygen atoms in total. The molecule has 0 saturated heterocycles. The monoisotopic (exact) mass is 375 g/mol. The Morgan fingerprint density at radius 3 is 2.84 bits per heavy atom. The van der Waals surface area contributed by atoms with Crippen molar-refractivity contribution in [2.24, 2.45) is 0 Å². The van der Waals surface area contributed by atoms with E-state index in [2.05, 4.69) is 27.0 Å². The van der Waals surface area contributed by atoms with Crippen LogP contribution in [-0.4, -0.2) is 42.6 Å². The summed E-state index contributed by atoms with van der Waals surface area (Å²) in [5.41, 5.74) is 2.01. The minimum atomic E-state index is -0.395. The third kappa shape index (κ3) is 4.42. The van der Waals surface area contributed by atoms with Crippen LogP contribution in [0.1, 0.15) is 18.0 Å². The Bertz CT molecular complexity index is 747. The summed E-state index contributed by atoms with van der Waals surface area (Å²) in [6.45, 7) is 0.526. The molecule has 7 heteroatoms. The zero-order chi connectivity index (χ0) is 17.8. The third-order valence-electron chi connectivity index (χ3n) is 4.12. The Morgan fingerprint density at radius 1 is 1.32 bits per heavy atom. The van der Waals surface area contributed by atoms with Crippen molar-refractivity contribution in [3.05, 3.63) is 46.7 Å². The van der Waals surface area contributed by atoms with Gasteiger partial charge in [0, 0.05) is 17.9 Å². The molecule has 2 amide bonds. The molecule has 0 bridgehead atoms. The molecule has 2 heterocycles. The van der Waals surface area contributed by atoms with Gasteiger partial charge >= 0.3 is 0 Å². The summed E-state index contributed by atoms with van der Waals surface area (Å²) >= 11 is 3.10. The molecule has 1 aliphatic rings. The summed E-state index contributed by atoms with van der Waals surface area (Å²) in [7, 11) is 3.99. The minimum Gasteiger partial charge on any atom is -0.354 e. The van der Waals surface area contributed by atoms with Crippen LogP contribution in [-0.2, 0) is 9.59 Å². The molecule has 2 N–H and O–H groups in total. The highest BCUT2D eigenvalue weighted by molar-refractivity contribution is 8.01. The summed E-state index contributed by atoms with van der Waals surface area (Å²) in [5.74, 6) is -0.213. The lowest BCUT2D eigenvalue weighted by molar-refractivity contribution is -0.124. The van der Waals surface area contributed by atoms with Crippen LogP contribution in [0.5, 0.6) is 0 Å². The molecule has 3 rings (SSSR count). The van der Waals surface area contributed by atoms with Crippen molar-refractivity contribution in [2.45, 2.75) is 22.6 Å². The average molecular weight is 376 g/mol. The Hall–Kier alpha value is -1.83. The molecule has 0 radical (unpaired) electrons. The van der Waals surface area contributed by atoms with Gasteiger partial charge in [-0.25, -0.2) is 0 Å². The van der Waals surface area contributed by atoms with Gasteiger partial charge in [-0.2, -0.15) is 11.3 Å². The van der Waals surface area contributed by atoms with E-state index < -0.39 is 5.25 Å². The highest BCUT2D eigenvalue weighted by Gasteiger charge is 2.29. The second kappa shape index (κ2) is 8.03. The highest BCUT2D eigenvalue weighted by Crippen LogP contribution is 2.36. The second-order valence-electron chi connectivity index (χ2n) is 6.14. The molecule has 2 aromatic rings. The van der Waals surface area contributed by atoms with Gasteiger partial charge in [-0.15, -0.1) is 11.8 Å². The summed E-state index contributed by atoms with van der Waals surface area (Å²) in [6.07, 6.45) is 0.175. The lowest BCUT2D eigenvalue weighted by Crippen LogP contribution is -2.38. The number of nitrogens with zero attached hydrogens (tertiary/aromatic N) is 1. The topological polar surface area (TPSA) is 61.4 Å². The zero-order valence-electron chi connectivity index (χ0n) is 14.2. The molecule has 1 aliphatic heterocycles. The Labute approximate surface area is 155 Å². The number of amides is 2. The Morgan fingerprint density at radius 2 is 2.12 bits per heavy atom. The standard InChI is InChI=1S/C18H21N3O2S2/c1-21(2)14(12-7-8-24-11-12)10-19-17(22)9-16-18(23)20-13-5-3-4-6-15(13)25-16/h3-8,11,14,16H,9-10H2,1-2H3,(H,19,22)(H,20,23). The molecular weight excluding hydrogens is 354 g/mol. The number of carbonyl (C=O) groups is 2. The molecule has 0 spiro atoms. The van der Waals surface area contributed by atoms with Gasteiger partial charge in [-0.1, -0.05) is 12.1 Å². The summed E-state index contributed by atoms with van der Waals surface area (Å²) in [4.78, 5) is 27.6. The molecule has 1 aromatic heterocycles. The number of thiophene rings is 1. The Balaban J connectivity index is 1.57. The van der Waals surface area contributed by atoms with E-state index in [1.54, 1.807) is 11.3 Å². The number of fused-ring (bicyclic) bond motifs is 1. The highest BCUT2D eigenvalue weighted by atomic mass is 32.2. The molecule has 25 heavy (non-hydrogen) atoms. The molecule has 2 unspecified atom stereocenters. The molecule has 132 valence electrons. The van der Waals surface area contributed by atoms with Gasteiger partial charge in [0.15, 0.2) is 0 Å². The maximum atomic E-state index is 12.3. The van der Waals surface area contributed by atoms with E-state index in [0.717, 1.165) is 10.6 Å². The molecule has 0 aliphatic carbocycles.